The fourth-order valence-corrected chi connectivity index (χ4v) is 2.12. The standard InChI is InChI=1S/C15H20N2O2/c1-3-11(2)15(19)16-12-6-4-7-13(10-12)17-9-5-8-14(17)18/h4,6-7,10-11H,3,5,8-9H2,1-2H3,(H,16,19)/t11-/m1/s1. The van der Waals surface area contributed by atoms with Crippen LogP contribution >= 0.6 is 0 Å². The summed E-state index contributed by atoms with van der Waals surface area (Å²) in [7, 11) is 0. The minimum absolute atomic E-state index is 0.00271. The van der Waals surface area contributed by atoms with E-state index in [1.54, 1.807) is 4.90 Å². The Bertz CT molecular complexity index is 485. The van der Waals surface area contributed by atoms with Crippen LogP contribution in [0.2, 0.25) is 0 Å². The van der Waals surface area contributed by atoms with E-state index in [9.17, 15) is 9.59 Å². The van der Waals surface area contributed by atoms with E-state index >= 15 is 0 Å². The summed E-state index contributed by atoms with van der Waals surface area (Å²) in [6.45, 7) is 4.66. The molecule has 1 aliphatic rings. The lowest BCUT2D eigenvalue weighted by Gasteiger charge is -2.17. The maximum atomic E-state index is 11.8. The molecular formula is C15H20N2O2. The Morgan fingerprint density at radius 2 is 2.26 bits per heavy atom. The normalized spacial score (nSPS) is 16.5. The topological polar surface area (TPSA) is 49.4 Å². The van der Waals surface area contributed by atoms with Crippen LogP contribution in [0.25, 0.3) is 0 Å². The zero-order chi connectivity index (χ0) is 13.8. The van der Waals surface area contributed by atoms with Gasteiger partial charge in [-0.25, -0.2) is 0 Å². The highest BCUT2D eigenvalue weighted by Gasteiger charge is 2.21. The molecule has 102 valence electrons. The molecule has 1 saturated heterocycles. The summed E-state index contributed by atoms with van der Waals surface area (Å²) in [6.07, 6.45) is 2.34. The first kappa shape index (κ1) is 13.6. The van der Waals surface area contributed by atoms with E-state index in [1.807, 2.05) is 38.1 Å². The van der Waals surface area contributed by atoms with Crippen LogP contribution in [0.5, 0.6) is 0 Å². The smallest absolute Gasteiger partial charge is 0.227 e. The summed E-state index contributed by atoms with van der Waals surface area (Å²) >= 11 is 0. The van der Waals surface area contributed by atoms with Crippen LogP contribution in [-0.4, -0.2) is 18.4 Å². The lowest BCUT2D eigenvalue weighted by molar-refractivity contribution is -0.119. The molecule has 0 aromatic heterocycles. The first-order chi connectivity index (χ1) is 9.11. The second kappa shape index (κ2) is 5.87. The van der Waals surface area contributed by atoms with Crippen molar-refractivity contribution in [3.05, 3.63) is 24.3 Å². The predicted molar refractivity (Wildman–Crippen MR) is 76.1 cm³/mol. The number of rotatable bonds is 4. The van der Waals surface area contributed by atoms with Gasteiger partial charge in [0.05, 0.1) is 0 Å². The molecule has 1 aromatic rings. The zero-order valence-corrected chi connectivity index (χ0v) is 11.5. The number of hydrogen-bond donors (Lipinski definition) is 1. The number of benzene rings is 1. The molecule has 1 heterocycles. The van der Waals surface area contributed by atoms with E-state index in [-0.39, 0.29) is 17.7 Å². The van der Waals surface area contributed by atoms with E-state index in [2.05, 4.69) is 5.32 Å². The first-order valence-corrected chi connectivity index (χ1v) is 6.83. The van der Waals surface area contributed by atoms with Gasteiger partial charge in [-0.3, -0.25) is 9.59 Å². The number of amides is 2. The third kappa shape index (κ3) is 3.13. The van der Waals surface area contributed by atoms with Crippen molar-refractivity contribution in [2.24, 2.45) is 5.92 Å². The van der Waals surface area contributed by atoms with E-state index in [4.69, 9.17) is 0 Å². The zero-order valence-electron chi connectivity index (χ0n) is 11.5. The SMILES string of the molecule is CC[C@@H](C)C(=O)Nc1cccc(N2CCCC2=O)c1. The van der Waals surface area contributed by atoms with Gasteiger partial charge in [0, 0.05) is 30.3 Å². The van der Waals surface area contributed by atoms with Crippen LogP contribution in [0, 0.1) is 5.92 Å². The molecule has 2 rings (SSSR count). The maximum Gasteiger partial charge on any atom is 0.227 e. The summed E-state index contributed by atoms with van der Waals surface area (Å²) in [6, 6.07) is 7.49. The largest absolute Gasteiger partial charge is 0.326 e. The number of nitrogens with one attached hydrogen (secondary N) is 1. The number of anilines is 2. The molecule has 0 radical (unpaired) electrons. The van der Waals surface area contributed by atoms with Gasteiger partial charge in [-0.2, -0.15) is 0 Å². The van der Waals surface area contributed by atoms with Crippen LogP contribution in [0.1, 0.15) is 33.1 Å². The van der Waals surface area contributed by atoms with Gasteiger partial charge in [-0.15, -0.1) is 0 Å². The van der Waals surface area contributed by atoms with Crippen molar-refractivity contribution in [2.75, 3.05) is 16.8 Å². The Hall–Kier alpha value is -1.84. The Labute approximate surface area is 113 Å². The molecule has 1 aromatic carbocycles. The Kier molecular flexibility index (Phi) is 4.20. The molecule has 1 aliphatic heterocycles. The van der Waals surface area contributed by atoms with Gasteiger partial charge in [-0.1, -0.05) is 19.9 Å². The molecule has 1 fully saturated rings. The quantitative estimate of drug-likeness (QED) is 0.905. The summed E-state index contributed by atoms with van der Waals surface area (Å²) in [4.78, 5) is 25.3. The summed E-state index contributed by atoms with van der Waals surface area (Å²) in [5.74, 6) is 0.176. The van der Waals surface area contributed by atoms with Crippen LogP contribution < -0.4 is 10.2 Å². The average Bonchev–Trinajstić information content (AvgIpc) is 2.84. The van der Waals surface area contributed by atoms with Gasteiger partial charge >= 0.3 is 0 Å². The highest BCUT2D eigenvalue weighted by molar-refractivity contribution is 5.97. The van der Waals surface area contributed by atoms with Gasteiger partial charge in [-0.05, 0) is 31.0 Å². The molecular weight excluding hydrogens is 240 g/mol. The Morgan fingerprint density at radius 3 is 2.89 bits per heavy atom. The number of hydrogen-bond acceptors (Lipinski definition) is 2. The van der Waals surface area contributed by atoms with Gasteiger partial charge < -0.3 is 10.2 Å². The third-order valence-corrected chi connectivity index (χ3v) is 3.56. The molecule has 0 bridgehead atoms. The molecule has 1 N–H and O–H groups in total. The molecule has 4 heteroatoms. The van der Waals surface area contributed by atoms with Crippen molar-refractivity contribution in [1.29, 1.82) is 0 Å². The van der Waals surface area contributed by atoms with Crippen LogP contribution in [0.3, 0.4) is 0 Å². The van der Waals surface area contributed by atoms with Gasteiger partial charge in [0.2, 0.25) is 11.8 Å². The molecule has 19 heavy (non-hydrogen) atoms. The summed E-state index contributed by atoms with van der Waals surface area (Å²) in [5.41, 5.74) is 1.62. The van der Waals surface area contributed by atoms with E-state index in [0.717, 1.165) is 30.8 Å². The third-order valence-electron chi connectivity index (χ3n) is 3.56. The number of carbonyl (C=O) groups excluding carboxylic acids is 2. The first-order valence-electron chi connectivity index (χ1n) is 6.83. The predicted octanol–water partition coefficient (Wildman–Crippen LogP) is 2.80. The van der Waals surface area contributed by atoms with Gasteiger partial charge in [0.1, 0.15) is 0 Å². The molecule has 4 nitrogen and oxygen atoms in total. The van der Waals surface area contributed by atoms with Crippen LogP contribution in [-0.2, 0) is 9.59 Å². The Balaban J connectivity index is 2.11. The maximum absolute atomic E-state index is 11.8. The van der Waals surface area contributed by atoms with Gasteiger partial charge in [0.25, 0.3) is 0 Å². The molecule has 0 spiro atoms. The second-order valence-electron chi connectivity index (χ2n) is 5.00. The summed E-state index contributed by atoms with van der Waals surface area (Å²) < 4.78 is 0. The molecule has 0 aliphatic carbocycles. The van der Waals surface area contributed by atoms with Crippen LogP contribution in [0.15, 0.2) is 24.3 Å². The lowest BCUT2D eigenvalue weighted by atomic mass is 10.1. The number of carbonyl (C=O) groups is 2. The second-order valence-corrected chi connectivity index (χ2v) is 5.00. The fourth-order valence-electron chi connectivity index (χ4n) is 2.12. The van der Waals surface area contributed by atoms with Crippen molar-refractivity contribution in [3.8, 4) is 0 Å². The monoisotopic (exact) mass is 260 g/mol. The highest BCUT2D eigenvalue weighted by atomic mass is 16.2. The minimum atomic E-state index is -0.00271. The average molecular weight is 260 g/mol. The van der Waals surface area contributed by atoms with Crippen molar-refractivity contribution in [2.45, 2.75) is 33.1 Å². The molecule has 0 unspecified atom stereocenters. The lowest BCUT2D eigenvalue weighted by Crippen LogP contribution is -2.24. The van der Waals surface area contributed by atoms with Crippen molar-refractivity contribution in [3.63, 3.8) is 0 Å². The van der Waals surface area contributed by atoms with E-state index in [0.29, 0.717) is 6.42 Å². The van der Waals surface area contributed by atoms with Gasteiger partial charge in [0.15, 0.2) is 0 Å². The van der Waals surface area contributed by atoms with Crippen molar-refractivity contribution in [1.82, 2.24) is 0 Å². The van der Waals surface area contributed by atoms with Crippen molar-refractivity contribution < 1.29 is 9.59 Å². The fraction of sp³-hybridized carbons (Fsp3) is 0.467. The van der Waals surface area contributed by atoms with E-state index in [1.165, 1.54) is 0 Å². The minimum Gasteiger partial charge on any atom is -0.326 e. The van der Waals surface area contributed by atoms with Crippen LogP contribution in [0.4, 0.5) is 11.4 Å². The summed E-state index contributed by atoms with van der Waals surface area (Å²) in [5, 5.41) is 2.89. The van der Waals surface area contributed by atoms with Crippen molar-refractivity contribution >= 4 is 23.2 Å². The number of nitrogens with zero attached hydrogens (tertiary/aromatic N) is 1. The molecule has 1 atom stereocenters. The van der Waals surface area contributed by atoms with E-state index < -0.39 is 0 Å². The molecule has 2 amide bonds. The Morgan fingerprint density at radius 1 is 1.47 bits per heavy atom. The highest BCUT2D eigenvalue weighted by Crippen LogP contribution is 2.24. The molecule has 0 saturated carbocycles.